The summed E-state index contributed by atoms with van der Waals surface area (Å²) in [5.74, 6) is 0.228. The van der Waals surface area contributed by atoms with Crippen molar-refractivity contribution in [3.63, 3.8) is 0 Å². The van der Waals surface area contributed by atoms with Gasteiger partial charge in [0.05, 0.1) is 18.1 Å². The van der Waals surface area contributed by atoms with Crippen LogP contribution in [0.5, 0.6) is 5.75 Å². The standard InChI is InChI=1S/C13H17N3O5S/c1-21-11-2-3-13(12(8-11)16(17)18)22(19,20)15-9-10-4-6-14-7-5-10/h2-4,8,14-15H,5-7,9H2,1H3. The van der Waals surface area contributed by atoms with E-state index in [1.165, 1.54) is 19.2 Å². The Hall–Kier alpha value is -1.97. The molecule has 22 heavy (non-hydrogen) atoms. The van der Waals surface area contributed by atoms with E-state index in [2.05, 4.69) is 10.0 Å². The van der Waals surface area contributed by atoms with E-state index < -0.39 is 20.6 Å². The number of ether oxygens (including phenoxy) is 1. The average Bonchev–Trinajstić information content (AvgIpc) is 2.53. The summed E-state index contributed by atoms with van der Waals surface area (Å²) in [7, 11) is -2.61. The highest BCUT2D eigenvalue weighted by molar-refractivity contribution is 7.89. The van der Waals surface area contributed by atoms with Gasteiger partial charge in [-0.15, -0.1) is 0 Å². The number of nitrogens with zero attached hydrogens (tertiary/aromatic N) is 1. The predicted octanol–water partition coefficient (Wildman–Crippen LogP) is 0.801. The molecular weight excluding hydrogens is 310 g/mol. The summed E-state index contributed by atoms with van der Waals surface area (Å²) >= 11 is 0. The smallest absolute Gasteiger partial charge is 0.293 e. The Kier molecular flexibility index (Phi) is 5.11. The van der Waals surface area contributed by atoms with Crippen LogP contribution in [0.15, 0.2) is 34.7 Å². The van der Waals surface area contributed by atoms with Crippen LogP contribution in [0, 0.1) is 10.1 Å². The normalized spacial score (nSPS) is 15.2. The molecule has 120 valence electrons. The van der Waals surface area contributed by atoms with Crippen molar-refractivity contribution in [1.82, 2.24) is 10.0 Å². The first-order valence-corrected chi connectivity index (χ1v) is 8.13. The number of hydrogen-bond acceptors (Lipinski definition) is 6. The molecule has 0 saturated heterocycles. The van der Waals surface area contributed by atoms with Gasteiger partial charge in [0.15, 0.2) is 4.90 Å². The van der Waals surface area contributed by atoms with Gasteiger partial charge in [0.25, 0.3) is 5.69 Å². The maximum absolute atomic E-state index is 12.3. The van der Waals surface area contributed by atoms with E-state index in [4.69, 9.17) is 4.74 Å². The van der Waals surface area contributed by atoms with Crippen LogP contribution in [0.4, 0.5) is 5.69 Å². The zero-order valence-electron chi connectivity index (χ0n) is 12.0. The Balaban J connectivity index is 2.24. The zero-order chi connectivity index (χ0) is 16.2. The van der Waals surface area contributed by atoms with Crippen LogP contribution in [0.2, 0.25) is 0 Å². The van der Waals surface area contributed by atoms with E-state index in [1.54, 1.807) is 0 Å². The lowest BCUT2D eigenvalue weighted by Crippen LogP contribution is -2.30. The van der Waals surface area contributed by atoms with Crippen molar-refractivity contribution in [2.75, 3.05) is 26.7 Å². The summed E-state index contributed by atoms with van der Waals surface area (Å²) in [6, 6.07) is 3.65. The highest BCUT2D eigenvalue weighted by Gasteiger charge is 2.26. The summed E-state index contributed by atoms with van der Waals surface area (Å²) < 4.78 is 31.9. The number of methoxy groups -OCH3 is 1. The second-order valence-electron chi connectivity index (χ2n) is 4.73. The summed E-state index contributed by atoms with van der Waals surface area (Å²) in [5, 5.41) is 14.2. The van der Waals surface area contributed by atoms with E-state index in [1.807, 2.05) is 6.08 Å². The van der Waals surface area contributed by atoms with Crippen LogP contribution >= 0.6 is 0 Å². The molecule has 2 N–H and O–H groups in total. The lowest BCUT2D eigenvalue weighted by Gasteiger charge is -2.15. The lowest BCUT2D eigenvalue weighted by atomic mass is 10.1. The average molecular weight is 327 g/mol. The van der Waals surface area contributed by atoms with E-state index in [0.717, 1.165) is 24.6 Å². The minimum atomic E-state index is -3.97. The van der Waals surface area contributed by atoms with E-state index in [9.17, 15) is 18.5 Å². The Morgan fingerprint density at radius 1 is 1.45 bits per heavy atom. The van der Waals surface area contributed by atoms with Crippen molar-refractivity contribution in [3.8, 4) is 5.75 Å². The van der Waals surface area contributed by atoms with E-state index in [0.29, 0.717) is 6.54 Å². The van der Waals surface area contributed by atoms with Gasteiger partial charge in [-0.25, -0.2) is 13.1 Å². The largest absolute Gasteiger partial charge is 0.497 e. The highest BCUT2D eigenvalue weighted by Crippen LogP contribution is 2.28. The monoisotopic (exact) mass is 327 g/mol. The predicted molar refractivity (Wildman–Crippen MR) is 80.4 cm³/mol. The molecule has 0 amide bonds. The van der Waals surface area contributed by atoms with Gasteiger partial charge in [-0.05, 0) is 25.1 Å². The number of nitrogens with one attached hydrogen (secondary N) is 2. The molecule has 0 bridgehead atoms. The fourth-order valence-electron chi connectivity index (χ4n) is 2.09. The Morgan fingerprint density at radius 3 is 2.82 bits per heavy atom. The molecule has 1 aromatic carbocycles. The molecule has 1 aromatic rings. The summed E-state index contributed by atoms with van der Waals surface area (Å²) in [6.45, 7) is 1.63. The van der Waals surface area contributed by atoms with Gasteiger partial charge in [-0.1, -0.05) is 11.6 Å². The van der Waals surface area contributed by atoms with Gasteiger partial charge in [0.2, 0.25) is 10.0 Å². The molecule has 1 aliphatic rings. The fraction of sp³-hybridized carbons (Fsp3) is 0.385. The molecule has 0 aromatic heterocycles. The molecule has 8 nitrogen and oxygen atoms in total. The Morgan fingerprint density at radius 2 is 2.23 bits per heavy atom. The SMILES string of the molecule is COc1ccc(S(=O)(=O)NCC2=CCNCC2)c([N+](=O)[O-])c1. The van der Waals surface area contributed by atoms with Gasteiger partial charge < -0.3 is 10.1 Å². The zero-order valence-corrected chi connectivity index (χ0v) is 12.9. The molecule has 0 saturated carbocycles. The molecular formula is C13H17N3O5S. The first kappa shape index (κ1) is 16.4. The molecule has 2 rings (SSSR count). The van der Waals surface area contributed by atoms with Gasteiger partial charge in [0.1, 0.15) is 5.75 Å². The van der Waals surface area contributed by atoms with Crippen LogP contribution in [0.25, 0.3) is 0 Å². The number of rotatable bonds is 6. The molecule has 0 radical (unpaired) electrons. The Labute approximate surface area is 128 Å². The molecule has 9 heteroatoms. The van der Waals surface area contributed by atoms with Gasteiger partial charge in [0, 0.05) is 13.1 Å². The second-order valence-corrected chi connectivity index (χ2v) is 6.47. The van der Waals surface area contributed by atoms with Crippen LogP contribution in [-0.4, -0.2) is 40.1 Å². The van der Waals surface area contributed by atoms with Crippen molar-refractivity contribution >= 4 is 15.7 Å². The van der Waals surface area contributed by atoms with Crippen molar-refractivity contribution in [2.45, 2.75) is 11.3 Å². The van der Waals surface area contributed by atoms with Crippen molar-refractivity contribution in [2.24, 2.45) is 0 Å². The molecule has 0 aliphatic carbocycles. The van der Waals surface area contributed by atoms with Gasteiger partial charge >= 0.3 is 0 Å². The molecule has 1 heterocycles. The molecule has 0 unspecified atom stereocenters. The first-order valence-electron chi connectivity index (χ1n) is 6.65. The van der Waals surface area contributed by atoms with Crippen LogP contribution in [0.1, 0.15) is 6.42 Å². The van der Waals surface area contributed by atoms with E-state index >= 15 is 0 Å². The van der Waals surface area contributed by atoms with Crippen molar-refractivity contribution in [1.29, 1.82) is 0 Å². The third kappa shape index (κ3) is 3.81. The van der Waals surface area contributed by atoms with Crippen molar-refractivity contribution < 1.29 is 18.1 Å². The number of hydrogen-bond donors (Lipinski definition) is 2. The molecule has 0 spiro atoms. The number of benzene rings is 1. The topological polar surface area (TPSA) is 111 Å². The second kappa shape index (κ2) is 6.86. The van der Waals surface area contributed by atoms with Crippen LogP contribution in [0.3, 0.4) is 0 Å². The summed E-state index contributed by atoms with van der Waals surface area (Å²) in [4.78, 5) is 9.98. The minimum absolute atomic E-state index is 0.146. The number of nitro benzene ring substituents is 1. The maximum Gasteiger partial charge on any atom is 0.293 e. The van der Waals surface area contributed by atoms with Gasteiger partial charge in [-0.3, -0.25) is 10.1 Å². The molecule has 0 fully saturated rings. The Bertz CT molecular complexity index is 700. The number of nitro groups is 1. The van der Waals surface area contributed by atoms with Gasteiger partial charge in [-0.2, -0.15) is 0 Å². The number of sulfonamides is 1. The minimum Gasteiger partial charge on any atom is -0.497 e. The molecule has 0 atom stereocenters. The molecule has 1 aliphatic heterocycles. The lowest BCUT2D eigenvalue weighted by molar-refractivity contribution is -0.387. The van der Waals surface area contributed by atoms with Crippen LogP contribution < -0.4 is 14.8 Å². The third-order valence-electron chi connectivity index (χ3n) is 3.30. The van der Waals surface area contributed by atoms with Crippen LogP contribution in [-0.2, 0) is 10.0 Å². The first-order chi connectivity index (χ1) is 10.4. The summed E-state index contributed by atoms with van der Waals surface area (Å²) in [6.07, 6.45) is 2.65. The maximum atomic E-state index is 12.3. The highest BCUT2D eigenvalue weighted by atomic mass is 32.2. The third-order valence-corrected chi connectivity index (χ3v) is 4.75. The summed E-state index contributed by atoms with van der Waals surface area (Å²) in [5.41, 5.74) is 0.449. The quantitative estimate of drug-likeness (QED) is 0.454. The van der Waals surface area contributed by atoms with Crippen molar-refractivity contribution in [3.05, 3.63) is 40.0 Å². The van der Waals surface area contributed by atoms with E-state index in [-0.39, 0.29) is 17.2 Å². The fourth-order valence-corrected chi connectivity index (χ4v) is 3.28.